The van der Waals surface area contributed by atoms with Crippen molar-refractivity contribution in [2.75, 3.05) is 11.5 Å². The van der Waals surface area contributed by atoms with Crippen LogP contribution < -0.4 is 4.74 Å². The van der Waals surface area contributed by atoms with Crippen LogP contribution in [0.3, 0.4) is 0 Å². The Morgan fingerprint density at radius 2 is 1.89 bits per heavy atom. The van der Waals surface area contributed by atoms with Gasteiger partial charge in [-0.2, -0.15) is 11.8 Å². The monoisotopic (exact) mass is 266 g/mol. The first-order valence-electron chi connectivity index (χ1n) is 6.67. The van der Waals surface area contributed by atoms with Crippen molar-refractivity contribution in [1.82, 2.24) is 0 Å². The molecule has 1 aliphatic rings. The van der Waals surface area contributed by atoms with Crippen LogP contribution in [0, 0.1) is 5.92 Å². The number of aliphatic hydroxyl groups is 1. The fourth-order valence-corrected chi connectivity index (χ4v) is 2.68. The number of hydrogen-bond acceptors (Lipinski definition) is 3. The summed E-state index contributed by atoms with van der Waals surface area (Å²) in [6.45, 7) is 4.40. The molecule has 2 rings (SSSR count). The van der Waals surface area contributed by atoms with Gasteiger partial charge in [0.25, 0.3) is 0 Å². The molecule has 1 N–H and O–H groups in total. The average molecular weight is 266 g/mol. The third kappa shape index (κ3) is 4.54. The molecule has 0 heterocycles. The van der Waals surface area contributed by atoms with E-state index in [1.807, 2.05) is 36.0 Å². The van der Waals surface area contributed by atoms with Gasteiger partial charge in [0.05, 0.1) is 12.2 Å². The summed E-state index contributed by atoms with van der Waals surface area (Å²) >= 11 is 1.81. The Bertz CT molecular complexity index is 357. The highest BCUT2D eigenvalue weighted by molar-refractivity contribution is 7.99. The van der Waals surface area contributed by atoms with Crippen molar-refractivity contribution in [3.8, 4) is 5.75 Å². The van der Waals surface area contributed by atoms with Crippen LogP contribution in [0.2, 0.25) is 0 Å². The second kappa shape index (κ2) is 6.48. The predicted molar refractivity (Wildman–Crippen MR) is 77.2 cm³/mol. The Labute approximate surface area is 114 Å². The fraction of sp³-hybridized carbons (Fsp3) is 0.600. The Balaban J connectivity index is 1.79. The summed E-state index contributed by atoms with van der Waals surface area (Å²) in [4.78, 5) is 0. The lowest BCUT2D eigenvalue weighted by molar-refractivity contribution is 0.204. The van der Waals surface area contributed by atoms with E-state index >= 15 is 0 Å². The number of hydrogen-bond donors (Lipinski definition) is 1. The molecular weight excluding hydrogens is 244 g/mol. The summed E-state index contributed by atoms with van der Waals surface area (Å²) in [6.07, 6.45) is 2.41. The van der Waals surface area contributed by atoms with Gasteiger partial charge >= 0.3 is 0 Å². The number of benzene rings is 1. The first-order chi connectivity index (χ1) is 8.65. The van der Waals surface area contributed by atoms with Crippen LogP contribution >= 0.6 is 11.8 Å². The van der Waals surface area contributed by atoms with Crippen molar-refractivity contribution >= 4 is 11.8 Å². The van der Waals surface area contributed by atoms with Crippen LogP contribution in [-0.4, -0.2) is 22.7 Å². The molecule has 100 valence electrons. The highest BCUT2D eigenvalue weighted by Gasteiger charge is 2.23. The van der Waals surface area contributed by atoms with Gasteiger partial charge in [-0.25, -0.2) is 0 Å². The zero-order valence-corrected chi connectivity index (χ0v) is 12.0. The van der Waals surface area contributed by atoms with Gasteiger partial charge in [-0.15, -0.1) is 0 Å². The maximum absolute atomic E-state index is 10.1. The number of ether oxygens (including phenoxy) is 1. The number of aliphatic hydroxyl groups excluding tert-OH is 1. The van der Waals surface area contributed by atoms with Crippen LogP contribution in [-0.2, 0) is 0 Å². The molecular formula is C15H22O2S. The lowest BCUT2D eigenvalue weighted by Gasteiger charge is -2.12. The van der Waals surface area contributed by atoms with Gasteiger partial charge in [0, 0.05) is 5.75 Å². The minimum atomic E-state index is -0.372. The van der Waals surface area contributed by atoms with Crippen LogP contribution in [0.4, 0.5) is 0 Å². The molecule has 0 radical (unpaired) electrons. The van der Waals surface area contributed by atoms with E-state index in [2.05, 4.69) is 13.8 Å². The van der Waals surface area contributed by atoms with Gasteiger partial charge in [-0.3, -0.25) is 0 Å². The molecule has 1 aliphatic carbocycles. The molecule has 1 saturated carbocycles. The molecule has 1 aromatic rings. The largest absolute Gasteiger partial charge is 0.490 e. The quantitative estimate of drug-likeness (QED) is 0.817. The molecule has 1 fully saturated rings. The lowest BCUT2D eigenvalue weighted by atomic mass is 10.1. The lowest BCUT2D eigenvalue weighted by Crippen LogP contribution is -2.03. The van der Waals surface area contributed by atoms with Gasteiger partial charge in [-0.05, 0) is 42.2 Å². The van der Waals surface area contributed by atoms with Crippen molar-refractivity contribution in [1.29, 1.82) is 0 Å². The predicted octanol–water partition coefficient (Wildman–Crippen LogP) is 3.65. The third-order valence-corrected chi connectivity index (χ3v) is 4.27. The van der Waals surface area contributed by atoms with E-state index in [0.717, 1.165) is 22.8 Å². The van der Waals surface area contributed by atoms with E-state index in [1.54, 1.807) is 0 Å². The standard InChI is InChI=1S/C15H22O2S/c1-11(2)9-18-10-15(16)12-3-5-13(6-4-12)17-14-7-8-14/h3-6,11,14-16H,7-10H2,1-2H3. The van der Waals surface area contributed by atoms with E-state index in [1.165, 1.54) is 12.8 Å². The molecule has 0 amide bonds. The average Bonchev–Trinajstić information content (AvgIpc) is 3.13. The Kier molecular flexibility index (Phi) is 4.95. The summed E-state index contributed by atoms with van der Waals surface area (Å²) in [5.41, 5.74) is 0.981. The number of rotatable bonds is 7. The molecule has 2 nitrogen and oxygen atoms in total. The maximum atomic E-state index is 10.1. The molecule has 0 spiro atoms. The normalized spacial score (nSPS) is 16.9. The second-order valence-electron chi connectivity index (χ2n) is 5.33. The first kappa shape index (κ1) is 13.8. The van der Waals surface area contributed by atoms with Gasteiger partial charge in [0.2, 0.25) is 0 Å². The zero-order chi connectivity index (χ0) is 13.0. The Morgan fingerprint density at radius 3 is 2.44 bits per heavy atom. The van der Waals surface area contributed by atoms with Crippen molar-refractivity contribution in [3.63, 3.8) is 0 Å². The van der Waals surface area contributed by atoms with E-state index < -0.39 is 0 Å². The number of thioether (sulfide) groups is 1. The summed E-state index contributed by atoms with van der Waals surface area (Å²) < 4.78 is 5.69. The van der Waals surface area contributed by atoms with Crippen molar-refractivity contribution in [2.24, 2.45) is 5.92 Å². The zero-order valence-electron chi connectivity index (χ0n) is 11.1. The fourth-order valence-electron chi connectivity index (χ4n) is 1.66. The molecule has 0 bridgehead atoms. The smallest absolute Gasteiger partial charge is 0.119 e. The van der Waals surface area contributed by atoms with Crippen LogP contribution in [0.1, 0.15) is 38.4 Å². The molecule has 1 aromatic carbocycles. The molecule has 0 aliphatic heterocycles. The van der Waals surface area contributed by atoms with Crippen LogP contribution in [0.25, 0.3) is 0 Å². The SMILES string of the molecule is CC(C)CSCC(O)c1ccc(OC2CC2)cc1. The minimum Gasteiger partial charge on any atom is -0.490 e. The summed E-state index contributed by atoms with van der Waals surface area (Å²) in [6, 6.07) is 7.87. The Hall–Kier alpha value is -0.670. The van der Waals surface area contributed by atoms with E-state index in [9.17, 15) is 5.11 Å². The first-order valence-corrected chi connectivity index (χ1v) is 7.83. The van der Waals surface area contributed by atoms with Gasteiger partial charge in [0.1, 0.15) is 5.75 Å². The third-order valence-electron chi connectivity index (χ3n) is 2.82. The summed E-state index contributed by atoms with van der Waals surface area (Å²) in [5.74, 6) is 3.46. The molecule has 0 aromatic heterocycles. The van der Waals surface area contributed by atoms with Gasteiger partial charge in [-0.1, -0.05) is 26.0 Å². The Morgan fingerprint density at radius 1 is 1.22 bits per heavy atom. The van der Waals surface area contributed by atoms with Gasteiger partial charge in [0.15, 0.2) is 0 Å². The van der Waals surface area contributed by atoms with Gasteiger partial charge < -0.3 is 9.84 Å². The molecule has 18 heavy (non-hydrogen) atoms. The van der Waals surface area contributed by atoms with Crippen molar-refractivity contribution < 1.29 is 9.84 Å². The highest BCUT2D eigenvalue weighted by Crippen LogP contribution is 2.28. The highest BCUT2D eigenvalue weighted by atomic mass is 32.2. The summed E-state index contributed by atoms with van der Waals surface area (Å²) in [5, 5.41) is 10.1. The molecule has 1 atom stereocenters. The maximum Gasteiger partial charge on any atom is 0.119 e. The van der Waals surface area contributed by atoms with Crippen LogP contribution in [0.5, 0.6) is 5.75 Å². The van der Waals surface area contributed by atoms with E-state index in [0.29, 0.717) is 12.0 Å². The molecule has 0 saturated heterocycles. The topological polar surface area (TPSA) is 29.5 Å². The van der Waals surface area contributed by atoms with Crippen molar-refractivity contribution in [3.05, 3.63) is 29.8 Å². The van der Waals surface area contributed by atoms with Crippen LogP contribution in [0.15, 0.2) is 24.3 Å². The van der Waals surface area contributed by atoms with E-state index in [4.69, 9.17) is 4.74 Å². The molecule has 3 heteroatoms. The molecule has 1 unspecified atom stereocenters. The summed E-state index contributed by atoms with van der Waals surface area (Å²) in [7, 11) is 0. The van der Waals surface area contributed by atoms with Crippen molar-refractivity contribution in [2.45, 2.75) is 38.9 Å². The second-order valence-corrected chi connectivity index (χ2v) is 6.41. The minimum absolute atomic E-state index is 0.372. The van der Waals surface area contributed by atoms with E-state index in [-0.39, 0.29) is 6.10 Å².